The first-order chi connectivity index (χ1) is 13.8. The molecule has 3 aromatic rings. The van der Waals surface area contributed by atoms with E-state index in [1.165, 1.54) is 12.1 Å². The van der Waals surface area contributed by atoms with Gasteiger partial charge in [0.25, 0.3) is 10.0 Å². The van der Waals surface area contributed by atoms with Gasteiger partial charge in [-0.25, -0.2) is 23.1 Å². The number of hydrogen-bond acceptors (Lipinski definition) is 5. The van der Waals surface area contributed by atoms with E-state index in [0.29, 0.717) is 29.9 Å². The summed E-state index contributed by atoms with van der Waals surface area (Å²) in [6.07, 6.45) is 0.981. The molecule has 3 rings (SSSR count). The second-order valence-corrected chi connectivity index (χ2v) is 8.32. The van der Waals surface area contributed by atoms with Crippen molar-refractivity contribution in [2.75, 3.05) is 10.0 Å². The van der Waals surface area contributed by atoms with Gasteiger partial charge in [-0.05, 0) is 56.2 Å². The summed E-state index contributed by atoms with van der Waals surface area (Å²) < 4.78 is 27.5. The van der Waals surface area contributed by atoms with Gasteiger partial charge in [-0.2, -0.15) is 0 Å². The second-order valence-electron chi connectivity index (χ2n) is 6.64. The summed E-state index contributed by atoms with van der Waals surface area (Å²) in [5, 5.41) is 2.78. The maximum absolute atomic E-state index is 12.5. The van der Waals surface area contributed by atoms with E-state index in [0.717, 1.165) is 5.56 Å². The molecule has 8 heteroatoms. The maximum Gasteiger partial charge on any atom is 0.264 e. The molecule has 150 valence electrons. The lowest BCUT2D eigenvalue weighted by Crippen LogP contribution is -2.16. The number of aromatic nitrogens is 2. The molecule has 0 aliphatic carbocycles. The fraction of sp³-hybridized carbons (Fsp3) is 0.190. The van der Waals surface area contributed by atoms with Crippen LogP contribution in [0.4, 0.5) is 11.6 Å². The van der Waals surface area contributed by atoms with Crippen LogP contribution in [0.1, 0.15) is 23.4 Å². The zero-order valence-electron chi connectivity index (χ0n) is 16.2. The van der Waals surface area contributed by atoms with Crippen molar-refractivity contribution in [1.82, 2.24) is 9.97 Å². The van der Waals surface area contributed by atoms with E-state index >= 15 is 0 Å². The van der Waals surface area contributed by atoms with Crippen molar-refractivity contribution in [2.45, 2.75) is 31.6 Å². The van der Waals surface area contributed by atoms with E-state index in [9.17, 15) is 13.2 Å². The minimum absolute atomic E-state index is 0.0285. The standard InChI is InChI=1S/C21H22N4O3S/c1-15-14-16(2)23-21(22-15)25-29(27,28)19-11-9-18(10-12-19)24-20(26)13-8-17-6-4-3-5-7-17/h3-7,9-12,14H,8,13H2,1-2H3,(H,24,26)(H,22,23,25). The number of aryl methyl sites for hydroxylation is 3. The summed E-state index contributed by atoms with van der Waals surface area (Å²) in [6.45, 7) is 3.53. The molecule has 0 spiro atoms. The Kier molecular flexibility index (Phi) is 6.23. The first-order valence-corrected chi connectivity index (χ1v) is 10.6. The molecule has 0 aliphatic heterocycles. The van der Waals surface area contributed by atoms with Crippen LogP contribution in [0, 0.1) is 13.8 Å². The summed E-state index contributed by atoms with van der Waals surface area (Å²) in [5.74, 6) is -0.105. The Labute approximate surface area is 170 Å². The number of rotatable bonds is 7. The van der Waals surface area contributed by atoms with Crippen LogP contribution in [0.3, 0.4) is 0 Å². The van der Waals surface area contributed by atoms with Gasteiger partial charge < -0.3 is 5.32 Å². The quantitative estimate of drug-likeness (QED) is 0.621. The van der Waals surface area contributed by atoms with E-state index < -0.39 is 10.0 Å². The van der Waals surface area contributed by atoms with Gasteiger partial charge in [0.2, 0.25) is 11.9 Å². The van der Waals surface area contributed by atoms with E-state index in [-0.39, 0.29) is 16.8 Å². The molecule has 1 amide bonds. The van der Waals surface area contributed by atoms with Gasteiger partial charge in [-0.3, -0.25) is 4.79 Å². The van der Waals surface area contributed by atoms with E-state index in [1.807, 2.05) is 30.3 Å². The third kappa shape index (κ3) is 5.86. The molecule has 0 bridgehead atoms. The molecule has 0 fully saturated rings. The van der Waals surface area contributed by atoms with Gasteiger partial charge in [0.15, 0.2) is 0 Å². The Morgan fingerprint density at radius 1 is 0.931 bits per heavy atom. The normalized spacial score (nSPS) is 11.1. The average molecular weight is 410 g/mol. The lowest BCUT2D eigenvalue weighted by molar-refractivity contribution is -0.116. The van der Waals surface area contributed by atoms with Crippen LogP contribution in [0.15, 0.2) is 65.6 Å². The van der Waals surface area contributed by atoms with Crippen LogP contribution >= 0.6 is 0 Å². The number of sulfonamides is 1. The Balaban J connectivity index is 1.62. The number of nitrogens with zero attached hydrogens (tertiary/aromatic N) is 2. The highest BCUT2D eigenvalue weighted by Gasteiger charge is 2.16. The summed E-state index contributed by atoms with van der Waals surface area (Å²) in [7, 11) is -3.83. The van der Waals surface area contributed by atoms with Crippen molar-refractivity contribution in [3.63, 3.8) is 0 Å². The lowest BCUT2D eigenvalue weighted by atomic mass is 10.1. The molecule has 2 N–H and O–H groups in total. The topological polar surface area (TPSA) is 101 Å². The molecular formula is C21H22N4O3S. The summed E-state index contributed by atoms with van der Waals surface area (Å²) in [4.78, 5) is 20.3. The van der Waals surface area contributed by atoms with Crippen molar-refractivity contribution in [3.05, 3.63) is 77.6 Å². The zero-order chi connectivity index (χ0) is 20.9. The Bertz CT molecular complexity index is 1080. The van der Waals surface area contributed by atoms with Crippen molar-refractivity contribution < 1.29 is 13.2 Å². The van der Waals surface area contributed by atoms with Crippen LogP contribution in [-0.4, -0.2) is 24.3 Å². The zero-order valence-corrected chi connectivity index (χ0v) is 17.0. The molecule has 2 aromatic carbocycles. The molecule has 0 saturated carbocycles. The lowest BCUT2D eigenvalue weighted by Gasteiger charge is -2.09. The highest BCUT2D eigenvalue weighted by atomic mass is 32.2. The molecule has 0 unspecified atom stereocenters. The highest BCUT2D eigenvalue weighted by Crippen LogP contribution is 2.17. The molecule has 29 heavy (non-hydrogen) atoms. The van der Waals surface area contributed by atoms with Crippen molar-refractivity contribution in [2.24, 2.45) is 0 Å². The maximum atomic E-state index is 12.5. The van der Waals surface area contributed by atoms with Crippen molar-refractivity contribution >= 4 is 27.6 Å². The number of hydrogen-bond donors (Lipinski definition) is 2. The van der Waals surface area contributed by atoms with Gasteiger partial charge in [0, 0.05) is 23.5 Å². The van der Waals surface area contributed by atoms with E-state index in [2.05, 4.69) is 20.0 Å². The summed E-state index contributed by atoms with van der Waals surface area (Å²) >= 11 is 0. The van der Waals surface area contributed by atoms with Crippen LogP contribution < -0.4 is 10.0 Å². The third-order valence-electron chi connectivity index (χ3n) is 4.14. The molecule has 0 radical (unpaired) electrons. The fourth-order valence-electron chi connectivity index (χ4n) is 2.79. The first kappa shape index (κ1) is 20.5. The fourth-order valence-corrected chi connectivity index (χ4v) is 3.74. The largest absolute Gasteiger partial charge is 0.326 e. The predicted molar refractivity (Wildman–Crippen MR) is 112 cm³/mol. The van der Waals surface area contributed by atoms with Gasteiger partial charge in [0.05, 0.1) is 4.90 Å². The van der Waals surface area contributed by atoms with Crippen LogP contribution in [0.5, 0.6) is 0 Å². The Morgan fingerprint density at radius 2 is 1.55 bits per heavy atom. The monoisotopic (exact) mass is 410 g/mol. The van der Waals surface area contributed by atoms with Crippen LogP contribution in [0.25, 0.3) is 0 Å². The first-order valence-electron chi connectivity index (χ1n) is 9.11. The van der Waals surface area contributed by atoms with Crippen molar-refractivity contribution in [1.29, 1.82) is 0 Å². The van der Waals surface area contributed by atoms with Gasteiger partial charge in [0.1, 0.15) is 0 Å². The van der Waals surface area contributed by atoms with Gasteiger partial charge >= 0.3 is 0 Å². The van der Waals surface area contributed by atoms with Gasteiger partial charge in [-0.1, -0.05) is 30.3 Å². The summed E-state index contributed by atoms with van der Waals surface area (Å²) in [6, 6.07) is 17.5. The smallest absolute Gasteiger partial charge is 0.264 e. The highest BCUT2D eigenvalue weighted by molar-refractivity contribution is 7.92. The molecular weight excluding hydrogens is 388 g/mol. The van der Waals surface area contributed by atoms with E-state index in [1.54, 1.807) is 32.0 Å². The number of carbonyl (C=O) groups is 1. The predicted octanol–water partition coefficient (Wildman–Crippen LogP) is 3.47. The van der Waals surface area contributed by atoms with E-state index in [4.69, 9.17) is 0 Å². The molecule has 7 nitrogen and oxygen atoms in total. The number of nitrogens with one attached hydrogen (secondary N) is 2. The SMILES string of the molecule is Cc1cc(C)nc(NS(=O)(=O)c2ccc(NC(=O)CCc3ccccc3)cc2)n1. The minimum Gasteiger partial charge on any atom is -0.326 e. The Morgan fingerprint density at radius 3 is 2.17 bits per heavy atom. The summed E-state index contributed by atoms with van der Waals surface area (Å²) in [5.41, 5.74) is 2.96. The van der Waals surface area contributed by atoms with Crippen molar-refractivity contribution in [3.8, 4) is 0 Å². The number of benzene rings is 2. The number of carbonyl (C=O) groups excluding carboxylic acids is 1. The second kappa shape index (κ2) is 8.83. The van der Waals surface area contributed by atoms with Crippen LogP contribution in [-0.2, 0) is 21.2 Å². The minimum atomic E-state index is -3.83. The Hall–Kier alpha value is -3.26. The average Bonchev–Trinajstić information content (AvgIpc) is 2.66. The van der Waals surface area contributed by atoms with Crippen LogP contribution in [0.2, 0.25) is 0 Å². The molecule has 0 atom stereocenters. The number of anilines is 2. The molecule has 1 heterocycles. The third-order valence-corrected chi connectivity index (χ3v) is 5.48. The van der Waals surface area contributed by atoms with Gasteiger partial charge in [-0.15, -0.1) is 0 Å². The molecule has 0 aliphatic rings. The number of amides is 1. The molecule has 1 aromatic heterocycles. The molecule has 0 saturated heterocycles.